The van der Waals surface area contributed by atoms with E-state index < -0.39 is 23.8 Å². The Kier molecular flexibility index (Phi) is 5.30. The first-order chi connectivity index (χ1) is 15.4. The molecule has 1 aliphatic heterocycles. The molecule has 9 nitrogen and oxygen atoms in total. The second-order valence-corrected chi connectivity index (χ2v) is 6.72. The number of anilines is 1. The number of carbonyl (C=O) groups is 4. The second kappa shape index (κ2) is 8.23. The van der Waals surface area contributed by atoms with E-state index >= 15 is 0 Å². The summed E-state index contributed by atoms with van der Waals surface area (Å²) in [6, 6.07) is 14.3. The summed E-state index contributed by atoms with van der Waals surface area (Å²) in [5.41, 5.74) is 0.595. The van der Waals surface area contributed by atoms with Crippen LogP contribution in [-0.4, -0.2) is 30.9 Å². The van der Waals surface area contributed by atoms with Gasteiger partial charge >= 0.3 is 6.03 Å². The molecular formula is C23H15N2O7-. The van der Waals surface area contributed by atoms with E-state index in [1.54, 1.807) is 36.4 Å². The number of imide groups is 2. The number of hydrogen-bond acceptors (Lipinski definition) is 7. The lowest BCUT2D eigenvalue weighted by Crippen LogP contribution is -2.54. The van der Waals surface area contributed by atoms with E-state index in [1.165, 1.54) is 37.5 Å². The zero-order chi connectivity index (χ0) is 22.8. The molecule has 4 rings (SSSR count). The molecule has 0 aliphatic carbocycles. The van der Waals surface area contributed by atoms with Crippen LogP contribution in [0.15, 0.2) is 70.7 Å². The highest BCUT2D eigenvalue weighted by Crippen LogP contribution is 2.27. The zero-order valence-corrected chi connectivity index (χ0v) is 16.7. The summed E-state index contributed by atoms with van der Waals surface area (Å²) >= 11 is 0. The van der Waals surface area contributed by atoms with Crippen LogP contribution in [0.1, 0.15) is 16.1 Å². The van der Waals surface area contributed by atoms with Crippen LogP contribution in [0.5, 0.6) is 5.75 Å². The van der Waals surface area contributed by atoms with Crippen molar-refractivity contribution in [2.24, 2.45) is 0 Å². The average Bonchev–Trinajstić information content (AvgIpc) is 3.26. The molecule has 160 valence electrons. The van der Waals surface area contributed by atoms with Gasteiger partial charge in [-0.2, -0.15) is 0 Å². The molecule has 1 aliphatic rings. The van der Waals surface area contributed by atoms with Crippen molar-refractivity contribution < 1.29 is 33.4 Å². The van der Waals surface area contributed by atoms with E-state index in [0.717, 1.165) is 4.90 Å². The van der Waals surface area contributed by atoms with Crippen LogP contribution in [0, 0.1) is 0 Å². The van der Waals surface area contributed by atoms with Gasteiger partial charge in [0, 0.05) is 5.56 Å². The molecular weight excluding hydrogens is 416 g/mol. The van der Waals surface area contributed by atoms with E-state index in [9.17, 15) is 24.3 Å². The van der Waals surface area contributed by atoms with Crippen LogP contribution in [0.25, 0.3) is 17.4 Å². The minimum Gasteiger partial charge on any atom is -0.545 e. The van der Waals surface area contributed by atoms with Gasteiger partial charge in [0.25, 0.3) is 11.8 Å². The molecule has 4 amide bonds. The van der Waals surface area contributed by atoms with Gasteiger partial charge in [-0.25, -0.2) is 9.69 Å². The number of aromatic carboxylic acids is 1. The number of carbonyl (C=O) groups excluding carboxylic acids is 4. The Hall–Kier alpha value is -4.66. The van der Waals surface area contributed by atoms with Crippen molar-refractivity contribution in [3.63, 3.8) is 0 Å². The third kappa shape index (κ3) is 3.86. The normalized spacial score (nSPS) is 15.1. The smallest absolute Gasteiger partial charge is 0.335 e. The van der Waals surface area contributed by atoms with Gasteiger partial charge in [0.2, 0.25) is 0 Å². The summed E-state index contributed by atoms with van der Waals surface area (Å²) in [6.07, 6.45) is 1.24. The lowest BCUT2D eigenvalue weighted by Gasteiger charge is -2.26. The molecule has 9 heteroatoms. The molecule has 1 N–H and O–H groups in total. The first-order valence-corrected chi connectivity index (χ1v) is 9.34. The Morgan fingerprint density at radius 2 is 1.69 bits per heavy atom. The zero-order valence-electron chi connectivity index (χ0n) is 16.7. The monoisotopic (exact) mass is 431 g/mol. The Bertz CT molecular complexity index is 1250. The summed E-state index contributed by atoms with van der Waals surface area (Å²) in [7, 11) is 1.49. The van der Waals surface area contributed by atoms with E-state index in [0.29, 0.717) is 17.1 Å². The molecule has 0 atom stereocenters. The molecule has 0 bridgehead atoms. The number of barbiturate groups is 1. The lowest BCUT2D eigenvalue weighted by molar-refractivity contribution is -0.255. The van der Waals surface area contributed by atoms with Crippen LogP contribution in [0.2, 0.25) is 0 Å². The van der Waals surface area contributed by atoms with Gasteiger partial charge in [0.05, 0.1) is 18.8 Å². The number of furan rings is 1. The van der Waals surface area contributed by atoms with Crippen molar-refractivity contribution in [3.8, 4) is 17.1 Å². The van der Waals surface area contributed by atoms with Crippen molar-refractivity contribution in [1.82, 2.24) is 5.32 Å². The van der Waals surface area contributed by atoms with Crippen LogP contribution in [-0.2, 0) is 9.59 Å². The van der Waals surface area contributed by atoms with Gasteiger partial charge in [-0.15, -0.1) is 0 Å². The predicted octanol–water partition coefficient (Wildman–Crippen LogP) is 1.99. The van der Waals surface area contributed by atoms with E-state index in [2.05, 4.69) is 5.32 Å². The van der Waals surface area contributed by atoms with Crippen LogP contribution >= 0.6 is 0 Å². The maximum atomic E-state index is 12.9. The number of amides is 4. The Balaban J connectivity index is 1.62. The van der Waals surface area contributed by atoms with Crippen LogP contribution < -0.4 is 20.1 Å². The number of carboxylic acids is 1. The van der Waals surface area contributed by atoms with Gasteiger partial charge in [-0.1, -0.05) is 24.3 Å². The first kappa shape index (κ1) is 20.6. The fraction of sp³-hybridized carbons (Fsp3) is 0.0435. The molecule has 0 saturated carbocycles. The van der Waals surface area contributed by atoms with Crippen molar-refractivity contribution in [2.45, 2.75) is 0 Å². The maximum absolute atomic E-state index is 12.9. The fourth-order valence-electron chi connectivity index (χ4n) is 3.12. The van der Waals surface area contributed by atoms with E-state index in [-0.39, 0.29) is 22.6 Å². The summed E-state index contributed by atoms with van der Waals surface area (Å²) in [6.45, 7) is 0. The highest BCUT2D eigenvalue weighted by molar-refractivity contribution is 6.39. The average molecular weight is 431 g/mol. The minimum absolute atomic E-state index is 0.0235. The van der Waals surface area contributed by atoms with Gasteiger partial charge in [-0.3, -0.25) is 14.9 Å². The van der Waals surface area contributed by atoms with Gasteiger partial charge in [0.1, 0.15) is 22.8 Å². The number of ether oxygens (including phenoxy) is 1. The van der Waals surface area contributed by atoms with Crippen molar-refractivity contribution in [2.75, 3.05) is 12.0 Å². The number of hydrogen-bond donors (Lipinski definition) is 1. The molecule has 1 aromatic heterocycles. The van der Waals surface area contributed by atoms with E-state index in [1.807, 2.05) is 0 Å². The first-order valence-electron chi connectivity index (χ1n) is 9.34. The Morgan fingerprint density at radius 3 is 2.31 bits per heavy atom. The summed E-state index contributed by atoms with van der Waals surface area (Å²) in [5, 5.41) is 13.0. The predicted molar refractivity (Wildman–Crippen MR) is 110 cm³/mol. The summed E-state index contributed by atoms with van der Waals surface area (Å²) in [4.78, 5) is 49.2. The third-order valence-electron chi connectivity index (χ3n) is 4.75. The maximum Gasteiger partial charge on any atom is 0.335 e. The molecule has 3 aromatic rings. The standard InChI is InChI=1S/C23H16N2O7/c1-31-16-8-6-15(7-9-16)25-21(27)18(20(26)24-23(25)30)12-17-10-11-19(32-17)13-2-4-14(5-3-13)22(28)29/h2-12H,1H3,(H,28,29)(H,24,26,30)/p-1/b18-12+. The highest BCUT2D eigenvalue weighted by Gasteiger charge is 2.37. The third-order valence-corrected chi connectivity index (χ3v) is 4.75. The van der Waals surface area contributed by atoms with Crippen molar-refractivity contribution in [3.05, 3.63) is 77.6 Å². The molecule has 32 heavy (non-hydrogen) atoms. The van der Waals surface area contributed by atoms with E-state index in [4.69, 9.17) is 9.15 Å². The van der Waals surface area contributed by atoms with Crippen LogP contribution in [0.3, 0.4) is 0 Å². The number of benzene rings is 2. The molecule has 0 spiro atoms. The van der Waals surface area contributed by atoms with Gasteiger partial charge in [-0.05, 0) is 48.0 Å². The number of methoxy groups -OCH3 is 1. The number of nitrogens with zero attached hydrogens (tertiary/aromatic N) is 1. The molecule has 1 fully saturated rings. The molecule has 1 saturated heterocycles. The Morgan fingerprint density at radius 1 is 1.00 bits per heavy atom. The number of carboxylic acid groups (broad SMARTS) is 1. The second-order valence-electron chi connectivity index (χ2n) is 6.72. The highest BCUT2D eigenvalue weighted by atomic mass is 16.5. The SMILES string of the molecule is COc1ccc(N2C(=O)NC(=O)/C(=C\c3ccc(-c4ccc(C(=O)[O-])cc4)o3)C2=O)cc1. The van der Waals surface area contributed by atoms with Crippen LogP contribution in [0.4, 0.5) is 10.5 Å². The summed E-state index contributed by atoms with van der Waals surface area (Å²) < 4.78 is 10.7. The summed E-state index contributed by atoms with van der Waals surface area (Å²) in [5.74, 6) is -1.80. The largest absolute Gasteiger partial charge is 0.545 e. The number of urea groups is 1. The number of nitrogens with one attached hydrogen (secondary N) is 1. The van der Waals surface area contributed by atoms with Crippen molar-refractivity contribution in [1.29, 1.82) is 0 Å². The molecule has 2 aromatic carbocycles. The molecule has 2 heterocycles. The quantitative estimate of drug-likeness (QED) is 0.483. The Labute approximate surface area is 181 Å². The molecule has 0 radical (unpaired) electrons. The number of rotatable bonds is 5. The topological polar surface area (TPSA) is 129 Å². The van der Waals surface area contributed by atoms with Gasteiger partial charge < -0.3 is 19.1 Å². The minimum atomic E-state index is -1.29. The van der Waals surface area contributed by atoms with Gasteiger partial charge in [0.15, 0.2) is 0 Å². The fourth-order valence-corrected chi connectivity index (χ4v) is 3.12. The molecule has 0 unspecified atom stereocenters. The van der Waals surface area contributed by atoms with Crippen molar-refractivity contribution >= 4 is 35.6 Å². The lowest BCUT2D eigenvalue weighted by atomic mass is 10.1.